The van der Waals surface area contributed by atoms with Crippen molar-refractivity contribution in [1.29, 1.82) is 0 Å². The zero-order valence-electron chi connectivity index (χ0n) is 9.10. The van der Waals surface area contributed by atoms with Gasteiger partial charge in [0.15, 0.2) is 0 Å². The smallest absolute Gasteiger partial charge is 0.0211 e. The maximum atomic E-state index is 3.54. The molecule has 78 valence electrons. The SMILES string of the molecule is CCC(C)NCc1cccc(Br)c1C. The van der Waals surface area contributed by atoms with Gasteiger partial charge in [-0.05, 0) is 37.5 Å². The first-order valence-electron chi connectivity index (χ1n) is 5.12. The van der Waals surface area contributed by atoms with E-state index in [0.717, 1.165) is 6.54 Å². The van der Waals surface area contributed by atoms with Gasteiger partial charge in [-0.3, -0.25) is 0 Å². The van der Waals surface area contributed by atoms with E-state index in [1.54, 1.807) is 0 Å². The van der Waals surface area contributed by atoms with E-state index < -0.39 is 0 Å². The van der Waals surface area contributed by atoms with Gasteiger partial charge in [0.2, 0.25) is 0 Å². The van der Waals surface area contributed by atoms with Gasteiger partial charge < -0.3 is 5.32 Å². The number of halogens is 1. The maximum Gasteiger partial charge on any atom is 0.0211 e. The van der Waals surface area contributed by atoms with Crippen LogP contribution in [0.2, 0.25) is 0 Å². The summed E-state index contributed by atoms with van der Waals surface area (Å²) in [5.41, 5.74) is 2.71. The fraction of sp³-hybridized carbons (Fsp3) is 0.500. The van der Waals surface area contributed by atoms with Crippen molar-refractivity contribution in [2.45, 2.75) is 39.8 Å². The molecule has 0 radical (unpaired) electrons. The summed E-state index contributed by atoms with van der Waals surface area (Å²) in [6.45, 7) is 7.52. The molecule has 0 saturated heterocycles. The lowest BCUT2D eigenvalue weighted by molar-refractivity contribution is 0.533. The second-order valence-electron chi connectivity index (χ2n) is 3.71. The third-order valence-corrected chi connectivity index (χ3v) is 3.49. The Morgan fingerprint density at radius 1 is 1.43 bits per heavy atom. The fourth-order valence-corrected chi connectivity index (χ4v) is 1.68. The molecular weight excluding hydrogens is 238 g/mol. The van der Waals surface area contributed by atoms with Gasteiger partial charge in [0.1, 0.15) is 0 Å². The average molecular weight is 256 g/mol. The first-order valence-corrected chi connectivity index (χ1v) is 5.91. The molecule has 0 aliphatic rings. The standard InChI is InChI=1S/C12H18BrN/c1-4-9(2)14-8-11-6-5-7-12(13)10(11)3/h5-7,9,14H,4,8H2,1-3H3. The second-order valence-corrected chi connectivity index (χ2v) is 4.57. The monoisotopic (exact) mass is 255 g/mol. The van der Waals surface area contributed by atoms with Gasteiger partial charge >= 0.3 is 0 Å². The minimum absolute atomic E-state index is 0.591. The zero-order chi connectivity index (χ0) is 10.6. The van der Waals surface area contributed by atoms with E-state index in [1.807, 2.05) is 0 Å². The van der Waals surface area contributed by atoms with Crippen LogP contribution in [0.25, 0.3) is 0 Å². The Hall–Kier alpha value is -0.340. The first kappa shape index (κ1) is 11.7. The molecule has 1 aromatic carbocycles. The molecule has 0 aliphatic heterocycles. The van der Waals surface area contributed by atoms with Crippen LogP contribution in [0.4, 0.5) is 0 Å². The van der Waals surface area contributed by atoms with Crippen molar-refractivity contribution in [3.63, 3.8) is 0 Å². The summed E-state index contributed by atoms with van der Waals surface area (Å²) in [5.74, 6) is 0. The highest BCUT2D eigenvalue weighted by atomic mass is 79.9. The van der Waals surface area contributed by atoms with Crippen molar-refractivity contribution >= 4 is 15.9 Å². The Balaban J connectivity index is 2.63. The molecule has 14 heavy (non-hydrogen) atoms. The predicted molar refractivity (Wildman–Crippen MR) is 65.5 cm³/mol. The van der Waals surface area contributed by atoms with E-state index in [1.165, 1.54) is 22.0 Å². The second kappa shape index (κ2) is 5.52. The minimum Gasteiger partial charge on any atom is -0.310 e. The number of benzene rings is 1. The van der Waals surface area contributed by atoms with E-state index >= 15 is 0 Å². The molecular formula is C12H18BrN. The lowest BCUT2D eigenvalue weighted by Gasteiger charge is -2.13. The van der Waals surface area contributed by atoms with Crippen LogP contribution in [-0.4, -0.2) is 6.04 Å². The Kier molecular flexibility index (Phi) is 4.63. The van der Waals surface area contributed by atoms with E-state index in [-0.39, 0.29) is 0 Å². The lowest BCUT2D eigenvalue weighted by atomic mass is 10.1. The molecule has 0 heterocycles. The first-order chi connectivity index (χ1) is 6.65. The molecule has 1 nitrogen and oxygen atoms in total. The van der Waals surface area contributed by atoms with Crippen molar-refractivity contribution in [2.75, 3.05) is 0 Å². The molecule has 0 aromatic heterocycles. The van der Waals surface area contributed by atoms with Crippen LogP contribution < -0.4 is 5.32 Å². The van der Waals surface area contributed by atoms with Crippen LogP contribution in [0.5, 0.6) is 0 Å². The molecule has 0 amide bonds. The molecule has 0 bridgehead atoms. The van der Waals surface area contributed by atoms with Gasteiger partial charge in [-0.25, -0.2) is 0 Å². The molecule has 1 unspecified atom stereocenters. The average Bonchev–Trinajstić information content (AvgIpc) is 2.20. The zero-order valence-corrected chi connectivity index (χ0v) is 10.7. The molecule has 1 aromatic rings. The summed E-state index contributed by atoms with van der Waals surface area (Å²) in [4.78, 5) is 0. The maximum absolute atomic E-state index is 3.54. The number of hydrogen-bond donors (Lipinski definition) is 1. The summed E-state index contributed by atoms with van der Waals surface area (Å²) in [6, 6.07) is 6.94. The summed E-state index contributed by atoms with van der Waals surface area (Å²) < 4.78 is 1.20. The van der Waals surface area contributed by atoms with Crippen LogP contribution >= 0.6 is 15.9 Å². The largest absolute Gasteiger partial charge is 0.310 e. The molecule has 0 fully saturated rings. The summed E-state index contributed by atoms with van der Waals surface area (Å²) >= 11 is 3.54. The molecule has 1 N–H and O–H groups in total. The highest BCUT2D eigenvalue weighted by molar-refractivity contribution is 9.10. The third-order valence-electron chi connectivity index (χ3n) is 2.63. The van der Waals surface area contributed by atoms with Gasteiger partial charge in [-0.15, -0.1) is 0 Å². The Morgan fingerprint density at radius 3 is 2.79 bits per heavy atom. The number of hydrogen-bond acceptors (Lipinski definition) is 1. The minimum atomic E-state index is 0.591. The third kappa shape index (κ3) is 3.10. The summed E-state index contributed by atoms with van der Waals surface area (Å²) in [7, 11) is 0. The molecule has 0 saturated carbocycles. The Morgan fingerprint density at radius 2 is 2.14 bits per heavy atom. The van der Waals surface area contributed by atoms with Crippen molar-refractivity contribution in [3.05, 3.63) is 33.8 Å². The molecule has 2 heteroatoms. The van der Waals surface area contributed by atoms with Gasteiger partial charge in [-0.2, -0.15) is 0 Å². The van der Waals surface area contributed by atoms with E-state index in [4.69, 9.17) is 0 Å². The highest BCUT2D eigenvalue weighted by Gasteiger charge is 2.02. The molecule has 1 rings (SSSR count). The Bertz CT molecular complexity index is 296. The van der Waals surface area contributed by atoms with E-state index in [9.17, 15) is 0 Å². The normalized spacial score (nSPS) is 12.9. The van der Waals surface area contributed by atoms with Crippen LogP contribution in [-0.2, 0) is 6.54 Å². The molecule has 0 aliphatic carbocycles. The van der Waals surface area contributed by atoms with Crippen molar-refractivity contribution < 1.29 is 0 Å². The predicted octanol–water partition coefficient (Wildman–Crippen LogP) is 3.65. The van der Waals surface area contributed by atoms with Crippen LogP contribution in [0, 0.1) is 6.92 Å². The van der Waals surface area contributed by atoms with Crippen molar-refractivity contribution in [1.82, 2.24) is 5.32 Å². The molecule has 1 atom stereocenters. The Labute approximate surface area is 95.0 Å². The fourth-order valence-electron chi connectivity index (χ4n) is 1.27. The van der Waals surface area contributed by atoms with Gasteiger partial charge in [-0.1, -0.05) is 35.0 Å². The number of rotatable bonds is 4. The number of nitrogens with one attached hydrogen (secondary N) is 1. The van der Waals surface area contributed by atoms with Crippen LogP contribution in [0.3, 0.4) is 0 Å². The molecule has 0 spiro atoms. The summed E-state index contributed by atoms with van der Waals surface area (Å²) in [5, 5.41) is 3.50. The van der Waals surface area contributed by atoms with Gasteiger partial charge in [0.05, 0.1) is 0 Å². The van der Waals surface area contributed by atoms with E-state index in [2.05, 4.69) is 60.2 Å². The van der Waals surface area contributed by atoms with Crippen molar-refractivity contribution in [3.8, 4) is 0 Å². The van der Waals surface area contributed by atoms with Crippen LogP contribution in [0.15, 0.2) is 22.7 Å². The quantitative estimate of drug-likeness (QED) is 0.867. The highest BCUT2D eigenvalue weighted by Crippen LogP contribution is 2.19. The van der Waals surface area contributed by atoms with Gasteiger partial charge in [0.25, 0.3) is 0 Å². The van der Waals surface area contributed by atoms with Crippen molar-refractivity contribution in [2.24, 2.45) is 0 Å². The summed E-state index contributed by atoms with van der Waals surface area (Å²) in [6.07, 6.45) is 1.17. The van der Waals surface area contributed by atoms with Crippen LogP contribution in [0.1, 0.15) is 31.4 Å². The topological polar surface area (TPSA) is 12.0 Å². The van der Waals surface area contributed by atoms with Gasteiger partial charge in [0, 0.05) is 17.1 Å². The lowest BCUT2D eigenvalue weighted by Crippen LogP contribution is -2.24. The van der Waals surface area contributed by atoms with E-state index in [0.29, 0.717) is 6.04 Å².